The molecule has 3 unspecified atom stereocenters. The minimum Gasteiger partial charge on any atom is -0.490 e. The number of ether oxygens (including phenoxy) is 1. The minimum atomic E-state index is 0.000392. The summed E-state index contributed by atoms with van der Waals surface area (Å²) < 4.78 is 6.11. The van der Waals surface area contributed by atoms with Crippen molar-refractivity contribution in [2.24, 2.45) is 5.73 Å². The number of rotatable bonds is 3. The number of hydrogen-bond donors (Lipinski definition) is 1. The first-order chi connectivity index (χ1) is 10.1. The monoisotopic (exact) mass is 301 g/mol. The second-order valence-corrected chi connectivity index (χ2v) is 6.25. The van der Waals surface area contributed by atoms with E-state index in [4.69, 9.17) is 22.1 Å². The van der Waals surface area contributed by atoms with Crippen LogP contribution >= 0.6 is 11.6 Å². The maximum absolute atomic E-state index is 6.28. The van der Waals surface area contributed by atoms with E-state index in [1.54, 1.807) is 0 Å². The molecule has 2 nitrogen and oxygen atoms in total. The Kier molecular flexibility index (Phi) is 4.18. The topological polar surface area (TPSA) is 35.2 Å². The van der Waals surface area contributed by atoms with E-state index >= 15 is 0 Å². The van der Waals surface area contributed by atoms with Crippen LogP contribution in [0.25, 0.3) is 0 Å². The van der Waals surface area contributed by atoms with Gasteiger partial charge in [-0.1, -0.05) is 48.9 Å². The van der Waals surface area contributed by atoms with Crippen molar-refractivity contribution in [1.29, 1.82) is 0 Å². The molecule has 110 valence electrons. The summed E-state index contributed by atoms with van der Waals surface area (Å²) in [6.45, 7) is 2.24. The Balaban J connectivity index is 1.73. The molecule has 0 radical (unpaired) electrons. The van der Waals surface area contributed by atoms with Gasteiger partial charge in [0.15, 0.2) is 0 Å². The summed E-state index contributed by atoms with van der Waals surface area (Å²) in [5.74, 6) is 1.33. The first kappa shape index (κ1) is 14.4. The zero-order chi connectivity index (χ0) is 14.8. The van der Waals surface area contributed by atoms with Gasteiger partial charge in [-0.3, -0.25) is 0 Å². The number of halogens is 1. The van der Waals surface area contributed by atoms with Crippen molar-refractivity contribution in [3.63, 3.8) is 0 Å². The average Bonchev–Trinajstić information content (AvgIpc) is 2.49. The van der Waals surface area contributed by atoms with Crippen molar-refractivity contribution in [3.05, 3.63) is 64.7 Å². The highest BCUT2D eigenvalue weighted by atomic mass is 35.5. The summed E-state index contributed by atoms with van der Waals surface area (Å²) in [7, 11) is 0. The van der Waals surface area contributed by atoms with Crippen LogP contribution in [0.1, 0.15) is 42.9 Å². The van der Waals surface area contributed by atoms with Crippen LogP contribution < -0.4 is 10.5 Å². The molecule has 3 atom stereocenters. The third kappa shape index (κ3) is 3.22. The Morgan fingerprint density at radius 1 is 1.24 bits per heavy atom. The molecule has 0 fully saturated rings. The molecule has 0 saturated heterocycles. The normalized spacial score (nSPS) is 22.2. The second kappa shape index (κ2) is 6.08. The van der Waals surface area contributed by atoms with Crippen LogP contribution in [0.2, 0.25) is 5.02 Å². The Bertz CT molecular complexity index is 614. The molecule has 0 spiro atoms. The van der Waals surface area contributed by atoms with Gasteiger partial charge in [0.2, 0.25) is 0 Å². The Morgan fingerprint density at radius 3 is 2.76 bits per heavy atom. The quantitative estimate of drug-likeness (QED) is 0.893. The number of benzene rings is 2. The molecule has 1 aliphatic rings. The Labute approximate surface area is 130 Å². The molecule has 0 aliphatic carbocycles. The van der Waals surface area contributed by atoms with Gasteiger partial charge in [0.1, 0.15) is 11.9 Å². The zero-order valence-corrected chi connectivity index (χ0v) is 12.9. The van der Waals surface area contributed by atoms with Crippen molar-refractivity contribution in [1.82, 2.24) is 0 Å². The molecule has 0 bridgehead atoms. The highest BCUT2D eigenvalue weighted by molar-refractivity contribution is 6.30. The maximum Gasteiger partial charge on any atom is 0.124 e. The van der Waals surface area contributed by atoms with Crippen molar-refractivity contribution in [2.75, 3.05) is 0 Å². The van der Waals surface area contributed by atoms with Crippen LogP contribution in [-0.4, -0.2) is 6.10 Å². The van der Waals surface area contributed by atoms with Crippen molar-refractivity contribution in [3.8, 4) is 5.75 Å². The molecule has 1 heterocycles. The Morgan fingerprint density at radius 2 is 2.00 bits per heavy atom. The van der Waals surface area contributed by atoms with E-state index in [-0.39, 0.29) is 12.1 Å². The van der Waals surface area contributed by atoms with E-state index in [9.17, 15) is 0 Å². The van der Waals surface area contributed by atoms with Crippen molar-refractivity contribution < 1.29 is 4.74 Å². The van der Waals surface area contributed by atoms with Crippen LogP contribution in [0.4, 0.5) is 0 Å². The third-order valence-electron chi connectivity index (χ3n) is 4.17. The van der Waals surface area contributed by atoms with Gasteiger partial charge in [0.25, 0.3) is 0 Å². The SMILES string of the molecule is CC(CC1CC(N)c2cc(Cl)ccc2O1)c1ccccc1. The summed E-state index contributed by atoms with van der Waals surface area (Å²) in [5.41, 5.74) is 8.64. The van der Waals surface area contributed by atoms with Crippen LogP contribution in [0.15, 0.2) is 48.5 Å². The van der Waals surface area contributed by atoms with E-state index in [0.717, 1.165) is 24.2 Å². The van der Waals surface area contributed by atoms with Gasteiger partial charge in [-0.2, -0.15) is 0 Å². The average molecular weight is 302 g/mol. The predicted molar refractivity (Wildman–Crippen MR) is 86.9 cm³/mol. The molecule has 1 aliphatic heterocycles. The van der Waals surface area contributed by atoms with Gasteiger partial charge >= 0.3 is 0 Å². The number of fused-ring (bicyclic) bond motifs is 1. The van der Waals surface area contributed by atoms with Gasteiger partial charge in [-0.25, -0.2) is 0 Å². The Hall–Kier alpha value is -1.51. The first-order valence-electron chi connectivity index (χ1n) is 7.40. The molecule has 0 amide bonds. The standard InChI is InChI=1S/C18H20ClNO/c1-12(13-5-3-2-4-6-13)9-15-11-17(20)16-10-14(19)7-8-18(16)21-15/h2-8,10,12,15,17H,9,11,20H2,1H3. The van der Waals surface area contributed by atoms with Crippen molar-refractivity contribution in [2.45, 2.75) is 37.8 Å². The van der Waals surface area contributed by atoms with Gasteiger partial charge < -0.3 is 10.5 Å². The molecule has 2 aromatic rings. The molecular weight excluding hydrogens is 282 g/mol. The predicted octanol–water partition coefficient (Wildman–Crippen LogP) is 4.68. The fourth-order valence-electron chi connectivity index (χ4n) is 3.01. The van der Waals surface area contributed by atoms with Gasteiger partial charge in [-0.15, -0.1) is 0 Å². The lowest BCUT2D eigenvalue weighted by molar-refractivity contribution is 0.143. The van der Waals surface area contributed by atoms with Crippen LogP contribution in [-0.2, 0) is 0 Å². The zero-order valence-electron chi connectivity index (χ0n) is 12.1. The van der Waals surface area contributed by atoms with Gasteiger partial charge in [0.05, 0.1) is 0 Å². The van der Waals surface area contributed by atoms with Gasteiger partial charge in [0, 0.05) is 23.0 Å². The molecule has 2 N–H and O–H groups in total. The lowest BCUT2D eigenvalue weighted by Crippen LogP contribution is -2.30. The summed E-state index contributed by atoms with van der Waals surface area (Å²) in [6.07, 6.45) is 1.97. The summed E-state index contributed by atoms with van der Waals surface area (Å²) in [6, 6.07) is 16.2. The molecule has 0 saturated carbocycles. The van der Waals surface area contributed by atoms with E-state index in [2.05, 4.69) is 31.2 Å². The number of hydrogen-bond acceptors (Lipinski definition) is 2. The van der Waals surface area contributed by atoms with Crippen LogP contribution in [0, 0.1) is 0 Å². The molecule has 3 rings (SSSR count). The smallest absolute Gasteiger partial charge is 0.124 e. The molecule has 0 aromatic heterocycles. The minimum absolute atomic E-state index is 0.000392. The summed E-state index contributed by atoms with van der Waals surface area (Å²) in [4.78, 5) is 0. The number of nitrogens with two attached hydrogens (primary N) is 1. The summed E-state index contributed by atoms with van der Waals surface area (Å²) >= 11 is 6.03. The van der Waals surface area contributed by atoms with E-state index < -0.39 is 0 Å². The molecular formula is C18H20ClNO. The largest absolute Gasteiger partial charge is 0.490 e. The second-order valence-electron chi connectivity index (χ2n) is 5.81. The fourth-order valence-corrected chi connectivity index (χ4v) is 3.19. The van der Waals surface area contributed by atoms with E-state index in [1.807, 2.05) is 24.3 Å². The molecule has 2 aromatic carbocycles. The highest BCUT2D eigenvalue weighted by Gasteiger charge is 2.27. The molecule has 3 heteroatoms. The molecule has 21 heavy (non-hydrogen) atoms. The van der Waals surface area contributed by atoms with Crippen LogP contribution in [0.3, 0.4) is 0 Å². The summed E-state index contributed by atoms with van der Waals surface area (Å²) in [5, 5.41) is 0.712. The lowest BCUT2D eigenvalue weighted by Gasteiger charge is -2.32. The van der Waals surface area contributed by atoms with E-state index in [1.165, 1.54) is 5.56 Å². The maximum atomic E-state index is 6.28. The lowest BCUT2D eigenvalue weighted by atomic mass is 9.89. The highest BCUT2D eigenvalue weighted by Crippen LogP contribution is 2.37. The van der Waals surface area contributed by atoms with E-state index in [0.29, 0.717) is 10.9 Å². The fraction of sp³-hybridized carbons (Fsp3) is 0.333. The van der Waals surface area contributed by atoms with Gasteiger partial charge in [-0.05, 0) is 36.1 Å². The van der Waals surface area contributed by atoms with Crippen molar-refractivity contribution >= 4 is 11.6 Å². The third-order valence-corrected chi connectivity index (χ3v) is 4.40. The van der Waals surface area contributed by atoms with Crippen LogP contribution in [0.5, 0.6) is 5.75 Å². The first-order valence-corrected chi connectivity index (χ1v) is 7.78.